The monoisotopic (exact) mass is 368 g/mol. The van der Waals surface area contributed by atoms with Gasteiger partial charge >= 0.3 is 0 Å². The molecule has 1 heterocycles. The van der Waals surface area contributed by atoms with E-state index >= 15 is 0 Å². The summed E-state index contributed by atoms with van der Waals surface area (Å²) in [5.41, 5.74) is 7.58. The fraction of sp³-hybridized carbons (Fsp3) is 0.409. The van der Waals surface area contributed by atoms with Crippen LogP contribution >= 0.6 is 0 Å². The van der Waals surface area contributed by atoms with E-state index in [1.165, 1.54) is 5.56 Å². The molecule has 1 saturated heterocycles. The first-order chi connectivity index (χ1) is 13.3. The van der Waals surface area contributed by atoms with Gasteiger partial charge in [0.15, 0.2) is 0 Å². The van der Waals surface area contributed by atoms with Gasteiger partial charge in [0.25, 0.3) is 5.91 Å². The van der Waals surface area contributed by atoms with Crippen LogP contribution in [0.4, 0.5) is 0 Å². The zero-order chi connectivity index (χ0) is 18.9. The van der Waals surface area contributed by atoms with Gasteiger partial charge in [-0.15, -0.1) is 0 Å². The summed E-state index contributed by atoms with van der Waals surface area (Å²) in [5, 5.41) is 0. The molecule has 1 aliphatic rings. The molecule has 0 radical (unpaired) electrons. The van der Waals surface area contributed by atoms with E-state index in [0.717, 1.165) is 31.6 Å². The Balaban J connectivity index is 1.55. The van der Waals surface area contributed by atoms with Gasteiger partial charge in [-0.3, -0.25) is 4.79 Å². The van der Waals surface area contributed by atoms with Crippen LogP contribution in [0.2, 0.25) is 0 Å². The predicted molar refractivity (Wildman–Crippen MR) is 106 cm³/mol. The second kappa shape index (κ2) is 10.1. The molecule has 0 aromatic heterocycles. The molecule has 1 atom stereocenters. The summed E-state index contributed by atoms with van der Waals surface area (Å²) in [6.07, 6.45) is 3.15. The Hall–Kier alpha value is -2.37. The normalized spacial score (nSPS) is 16.3. The number of ether oxygens (including phenoxy) is 2. The van der Waals surface area contributed by atoms with Crippen molar-refractivity contribution in [2.45, 2.75) is 25.4 Å². The molecule has 1 aliphatic heterocycles. The number of benzene rings is 2. The van der Waals surface area contributed by atoms with Crippen molar-refractivity contribution < 1.29 is 14.3 Å². The summed E-state index contributed by atoms with van der Waals surface area (Å²) in [7, 11) is 0. The molecule has 0 aliphatic carbocycles. The van der Waals surface area contributed by atoms with E-state index in [1.54, 1.807) is 0 Å². The molecule has 2 N–H and O–H groups in total. The van der Waals surface area contributed by atoms with Gasteiger partial charge in [0.05, 0.1) is 6.10 Å². The van der Waals surface area contributed by atoms with Gasteiger partial charge in [-0.05, 0) is 49.1 Å². The zero-order valence-corrected chi connectivity index (χ0v) is 15.7. The van der Waals surface area contributed by atoms with Crippen molar-refractivity contribution in [3.8, 4) is 5.75 Å². The Bertz CT molecular complexity index is 697. The Morgan fingerprint density at radius 3 is 2.56 bits per heavy atom. The van der Waals surface area contributed by atoms with Crippen molar-refractivity contribution in [2.24, 2.45) is 5.73 Å². The highest BCUT2D eigenvalue weighted by atomic mass is 16.5. The van der Waals surface area contributed by atoms with Gasteiger partial charge < -0.3 is 20.1 Å². The van der Waals surface area contributed by atoms with Crippen molar-refractivity contribution in [1.82, 2.24) is 4.90 Å². The van der Waals surface area contributed by atoms with Gasteiger partial charge in [0, 0.05) is 31.8 Å². The standard InChI is InChI=1S/C22H28N2O3/c23-13-15-24(14-12-18-5-2-1-3-6-18)22(25)19-8-10-20(11-9-19)27-17-21-7-4-16-26-21/h1-3,5-6,8-11,21H,4,7,12-17,23H2. The SMILES string of the molecule is NCCN(CCc1ccccc1)C(=O)c1ccc(OCC2CCCO2)cc1. The summed E-state index contributed by atoms with van der Waals surface area (Å²) >= 11 is 0. The largest absolute Gasteiger partial charge is 0.491 e. The Kier molecular flexibility index (Phi) is 7.25. The third-order valence-electron chi connectivity index (χ3n) is 4.76. The Morgan fingerprint density at radius 1 is 1.11 bits per heavy atom. The quantitative estimate of drug-likeness (QED) is 0.739. The molecule has 5 heteroatoms. The molecule has 0 bridgehead atoms. The van der Waals surface area contributed by atoms with Crippen LogP contribution in [-0.2, 0) is 11.2 Å². The van der Waals surface area contributed by atoms with E-state index in [9.17, 15) is 4.79 Å². The lowest BCUT2D eigenvalue weighted by molar-refractivity contribution is 0.0678. The summed E-state index contributed by atoms with van der Waals surface area (Å²) in [5.74, 6) is 0.763. The minimum Gasteiger partial charge on any atom is -0.491 e. The van der Waals surface area contributed by atoms with Crippen LogP contribution in [0.5, 0.6) is 5.75 Å². The summed E-state index contributed by atoms with van der Waals surface area (Å²) < 4.78 is 11.3. The van der Waals surface area contributed by atoms with Gasteiger partial charge in [0.1, 0.15) is 12.4 Å². The molecule has 144 valence electrons. The summed E-state index contributed by atoms with van der Waals surface area (Å²) in [4.78, 5) is 14.7. The van der Waals surface area contributed by atoms with Crippen LogP contribution in [0, 0.1) is 0 Å². The van der Waals surface area contributed by atoms with Crippen molar-refractivity contribution in [2.75, 3.05) is 32.8 Å². The number of nitrogens with two attached hydrogens (primary N) is 1. The Morgan fingerprint density at radius 2 is 1.89 bits per heavy atom. The molecule has 3 rings (SSSR count). The molecule has 2 aromatic rings. The number of carbonyl (C=O) groups excluding carboxylic acids is 1. The van der Waals surface area contributed by atoms with Crippen LogP contribution in [0.3, 0.4) is 0 Å². The van der Waals surface area contributed by atoms with Gasteiger partial charge in [-0.25, -0.2) is 0 Å². The average molecular weight is 368 g/mol. The molecule has 2 aromatic carbocycles. The van der Waals surface area contributed by atoms with Crippen LogP contribution < -0.4 is 10.5 Å². The number of nitrogens with zero attached hydrogens (tertiary/aromatic N) is 1. The molecule has 1 unspecified atom stereocenters. The highest BCUT2D eigenvalue weighted by Gasteiger charge is 2.17. The average Bonchev–Trinajstić information content (AvgIpc) is 3.24. The summed E-state index contributed by atoms with van der Waals surface area (Å²) in [6.45, 7) is 3.02. The van der Waals surface area contributed by atoms with Gasteiger partial charge in [-0.2, -0.15) is 0 Å². The molecule has 0 spiro atoms. The number of amides is 1. The van der Waals surface area contributed by atoms with Gasteiger partial charge in [-0.1, -0.05) is 30.3 Å². The van der Waals surface area contributed by atoms with Gasteiger partial charge in [0.2, 0.25) is 0 Å². The third-order valence-corrected chi connectivity index (χ3v) is 4.76. The van der Waals surface area contributed by atoms with E-state index in [4.69, 9.17) is 15.2 Å². The number of carbonyl (C=O) groups is 1. The third kappa shape index (κ3) is 5.81. The van der Waals surface area contributed by atoms with Crippen LogP contribution in [0.1, 0.15) is 28.8 Å². The smallest absolute Gasteiger partial charge is 0.253 e. The first-order valence-corrected chi connectivity index (χ1v) is 9.64. The maximum Gasteiger partial charge on any atom is 0.253 e. The first kappa shape index (κ1) is 19.4. The highest BCUT2D eigenvalue weighted by Crippen LogP contribution is 2.17. The summed E-state index contributed by atoms with van der Waals surface area (Å²) in [6, 6.07) is 17.5. The lowest BCUT2D eigenvalue weighted by Crippen LogP contribution is -2.36. The maximum atomic E-state index is 12.8. The number of hydrogen-bond donors (Lipinski definition) is 1. The molecule has 0 saturated carbocycles. The second-order valence-corrected chi connectivity index (χ2v) is 6.79. The van der Waals surface area contributed by atoms with Crippen LogP contribution in [0.25, 0.3) is 0 Å². The zero-order valence-electron chi connectivity index (χ0n) is 15.7. The van der Waals surface area contributed by atoms with Crippen molar-refractivity contribution in [3.05, 3.63) is 65.7 Å². The van der Waals surface area contributed by atoms with Crippen molar-refractivity contribution in [1.29, 1.82) is 0 Å². The predicted octanol–water partition coefficient (Wildman–Crippen LogP) is 2.89. The number of hydrogen-bond acceptors (Lipinski definition) is 4. The topological polar surface area (TPSA) is 64.8 Å². The minimum absolute atomic E-state index is 0.00190. The van der Waals surface area contributed by atoms with Crippen molar-refractivity contribution >= 4 is 5.91 Å². The fourth-order valence-electron chi connectivity index (χ4n) is 3.22. The lowest BCUT2D eigenvalue weighted by atomic mass is 10.1. The van der Waals surface area contributed by atoms with E-state index in [-0.39, 0.29) is 12.0 Å². The molecule has 5 nitrogen and oxygen atoms in total. The van der Waals surface area contributed by atoms with E-state index < -0.39 is 0 Å². The molecule has 1 fully saturated rings. The van der Waals surface area contributed by atoms with Crippen LogP contribution in [-0.4, -0.2) is 49.8 Å². The lowest BCUT2D eigenvalue weighted by Gasteiger charge is -2.22. The van der Waals surface area contributed by atoms with Crippen molar-refractivity contribution in [3.63, 3.8) is 0 Å². The number of rotatable bonds is 9. The van der Waals surface area contributed by atoms with E-state index in [1.807, 2.05) is 47.4 Å². The maximum absolute atomic E-state index is 12.8. The first-order valence-electron chi connectivity index (χ1n) is 9.64. The Labute approximate surface area is 161 Å². The minimum atomic E-state index is 0.00190. The molecule has 27 heavy (non-hydrogen) atoms. The molecule has 1 amide bonds. The van der Waals surface area contributed by atoms with E-state index in [2.05, 4.69) is 12.1 Å². The molecular weight excluding hydrogens is 340 g/mol. The van der Waals surface area contributed by atoms with Crippen LogP contribution in [0.15, 0.2) is 54.6 Å². The molecular formula is C22H28N2O3. The fourth-order valence-corrected chi connectivity index (χ4v) is 3.22. The second-order valence-electron chi connectivity index (χ2n) is 6.79. The highest BCUT2D eigenvalue weighted by molar-refractivity contribution is 5.94. The van der Waals surface area contributed by atoms with E-state index in [0.29, 0.717) is 31.8 Å².